The maximum Gasteiger partial charge on any atom is 0.248 e. The van der Waals surface area contributed by atoms with Crippen molar-refractivity contribution < 1.29 is 9.53 Å². The Morgan fingerprint density at radius 1 is 1.15 bits per heavy atom. The molecule has 2 aromatic rings. The van der Waals surface area contributed by atoms with Crippen LogP contribution in [0.2, 0.25) is 0 Å². The Balaban J connectivity index is 1.57. The van der Waals surface area contributed by atoms with E-state index in [9.17, 15) is 4.79 Å². The predicted molar refractivity (Wildman–Crippen MR) is 114 cm³/mol. The topological polar surface area (TPSA) is 41.6 Å². The van der Waals surface area contributed by atoms with E-state index >= 15 is 0 Å². The van der Waals surface area contributed by atoms with Crippen LogP contribution >= 0.6 is 15.9 Å². The zero-order valence-electron chi connectivity index (χ0n) is 15.6. The number of benzene rings is 2. The van der Waals surface area contributed by atoms with E-state index in [2.05, 4.69) is 38.3 Å². The molecule has 1 amide bonds. The highest BCUT2D eigenvalue weighted by atomic mass is 79.9. The number of amides is 1. The Morgan fingerprint density at radius 3 is 2.59 bits per heavy atom. The van der Waals surface area contributed by atoms with Gasteiger partial charge in [0.15, 0.2) is 0 Å². The quantitative estimate of drug-likeness (QED) is 0.650. The lowest BCUT2D eigenvalue weighted by Gasteiger charge is -2.26. The van der Waals surface area contributed by atoms with Crippen LogP contribution in [0.15, 0.2) is 53.0 Å². The van der Waals surface area contributed by atoms with E-state index in [-0.39, 0.29) is 5.91 Å². The van der Waals surface area contributed by atoms with Gasteiger partial charge in [0.1, 0.15) is 5.75 Å². The molecule has 1 saturated heterocycles. The van der Waals surface area contributed by atoms with E-state index in [1.165, 1.54) is 44.0 Å². The summed E-state index contributed by atoms with van der Waals surface area (Å²) < 4.78 is 6.26. The molecule has 0 bridgehead atoms. The maximum absolute atomic E-state index is 12.2. The lowest BCUT2D eigenvalue weighted by Crippen LogP contribution is -2.29. The molecule has 142 valence electrons. The van der Waals surface area contributed by atoms with E-state index in [4.69, 9.17) is 4.74 Å². The minimum Gasteiger partial charge on any atom is -0.496 e. The standard InChI is InChI=1S/C22H25BrN2O2/c1-27-21-11-8-19(23)15-18(21)7-12-22(26)24-20-9-5-17(6-10-20)16-25-13-3-2-4-14-25/h5-12,15H,2-4,13-14,16H2,1H3,(H,24,26). The van der Waals surface area contributed by atoms with Gasteiger partial charge in [0, 0.05) is 28.3 Å². The fraction of sp³-hybridized carbons (Fsp3) is 0.318. The minimum atomic E-state index is -0.166. The number of halogens is 1. The largest absolute Gasteiger partial charge is 0.496 e. The minimum absolute atomic E-state index is 0.166. The fourth-order valence-electron chi connectivity index (χ4n) is 3.25. The van der Waals surface area contributed by atoms with E-state index in [0.29, 0.717) is 0 Å². The molecule has 27 heavy (non-hydrogen) atoms. The Hall–Kier alpha value is -2.11. The molecule has 0 saturated carbocycles. The van der Waals surface area contributed by atoms with Crippen molar-refractivity contribution in [2.24, 2.45) is 0 Å². The SMILES string of the molecule is COc1ccc(Br)cc1C=CC(=O)Nc1ccc(CN2CCCCC2)cc1. The van der Waals surface area contributed by atoms with Gasteiger partial charge in [0.25, 0.3) is 0 Å². The van der Waals surface area contributed by atoms with E-state index in [0.717, 1.165) is 28.0 Å². The van der Waals surface area contributed by atoms with Crippen molar-refractivity contribution in [3.63, 3.8) is 0 Å². The summed E-state index contributed by atoms with van der Waals surface area (Å²) >= 11 is 3.44. The van der Waals surface area contributed by atoms with Gasteiger partial charge in [-0.25, -0.2) is 0 Å². The lowest BCUT2D eigenvalue weighted by molar-refractivity contribution is -0.111. The van der Waals surface area contributed by atoms with Crippen LogP contribution in [0.1, 0.15) is 30.4 Å². The second-order valence-electron chi connectivity index (χ2n) is 6.74. The third-order valence-electron chi connectivity index (χ3n) is 4.68. The molecule has 0 radical (unpaired) electrons. The van der Waals surface area contributed by atoms with Crippen LogP contribution in [0.3, 0.4) is 0 Å². The molecule has 5 heteroatoms. The third kappa shape index (κ3) is 5.94. The van der Waals surface area contributed by atoms with E-state index in [1.807, 2.05) is 30.3 Å². The molecule has 0 aromatic heterocycles. The molecule has 3 rings (SSSR count). The number of carbonyl (C=O) groups is 1. The van der Waals surface area contributed by atoms with Crippen molar-refractivity contribution in [2.45, 2.75) is 25.8 Å². The van der Waals surface area contributed by atoms with Gasteiger partial charge in [-0.15, -0.1) is 0 Å². The van der Waals surface area contributed by atoms with Gasteiger partial charge < -0.3 is 10.1 Å². The molecule has 0 aliphatic carbocycles. The molecule has 1 aliphatic rings. The van der Waals surface area contributed by atoms with E-state index < -0.39 is 0 Å². The van der Waals surface area contributed by atoms with Gasteiger partial charge in [0.2, 0.25) is 5.91 Å². The van der Waals surface area contributed by atoms with Crippen LogP contribution in [0.4, 0.5) is 5.69 Å². The molecule has 0 spiro atoms. The Kier molecular flexibility index (Phi) is 7.07. The number of piperidine rings is 1. The summed E-state index contributed by atoms with van der Waals surface area (Å²) in [7, 11) is 1.62. The summed E-state index contributed by atoms with van der Waals surface area (Å²) in [5.41, 5.74) is 2.93. The summed E-state index contributed by atoms with van der Waals surface area (Å²) in [5, 5.41) is 2.90. The van der Waals surface area contributed by atoms with Gasteiger partial charge >= 0.3 is 0 Å². The predicted octanol–water partition coefficient (Wildman–Crippen LogP) is 5.10. The van der Waals surface area contributed by atoms with Crippen molar-refractivity contribution in [1.82, 2.24) is 4.90 Å². The Labute approximate surface area is 169 Å². The Morgan fingerprint density at radius 2 is 1.89 bits per heavy atom. The second kappa shape index (κ2) is 9.72. The molecule has 2 aromatic carbocycles. The number of methoxy groups -OCH3 is 1. The number of rotatable bonds is 6. The van der Waals surface area contributed by atoms with Crippen molar-refractivity contribution >= 4 is 33.6 Å². The molecule has 1 heterocycles. The number of ether oxygens (including phenoxy) is 1. The van der Waals surface area contributed by atoms with Crippen LogP contribution in [0, 0.1) is 0 Å². The smallest absolute Gasteiger partial charge is 0.248 e. The third-order valence-corrected chi connectivity index (χ3v) is 5.18. The molecular formula is C22H25BrN2O2. The van der Waals surface area contributed by atoms with Crippen LogP contribution in [-0.2, 0) is 11.3 Å². The van der Waals surface area contributed by atoms with Crippen LogP contribution in [0.5, 0.6) is 5.75 Å². The van der Waals surface area contributed by atoms with Crippen molar-refractivity contribution in [2.75, 3.05) is 25.5 Å². The van der Waals surface area contributed by atoms with Crippen molar-refractivity contribution in [3.8, 4) is 5.75 Å². The second-order valence-corrected chi connectivity index (χ2v) is 7.66. The number of hydrogen-bond acceptors (Lipinski definition) is 3. The first-order valence-electron chi connectivity index (χ1n) is 9.28. The number of nitrogens with zero attached hydrogens (tertiary/aromatic N) is 1. The van der Waals surface area contributed by atoms with Gasteiger partial charge in [-0.3, -0.25) is 9.69 Å². The van der Waals surface area contributed by atoms with Crippen LogP contribution < -0.4 is 10.1 Å². The summed E-state index contributed by atoms with van der Waals surface area (Å²) in [6, 6.07) is 13.8. The summed E-state index contributed by atoms with van der Waals surface area (Å²) in [5.74, 6) is 0.560. The summed E-state index contributed by atoms with van der Waals surface area (Å²) in [6.45, 7) is 3.35. The average Bonchev–Trinajstić information content (AvgIpc) is 2.69. The monoisotopic (exact) mass is 428 g/mol. The normalized spacial score (nSPS) is 15.0. The van der Waals surface area contributed by atoms with Gasteiger partial charge in [0.05, 0.1) is 7.11 Å². The fourth-order valence-corrected chi connectivity index (χ4v) is 3.63. The molecular weight excluding hydrogens is 404 g/mol. The Bertz CT molecular complexity index is 796. The highest BCUT2D eigenvalue weighted by Crippen LogP contribution is 2.24. The van der Waals surface area contributed by atoms with E-state index in [1.54, 1.807) is 13.2 Å². The molecule has 1 fully saturated rings. The highest BCUT2D eigenvalue weighted by molar-refractivity contribution is 9.10. The number of likely N-dealkylation sites (tertiary alicyclic amines) is 1. The average molecular weight is 429 g/mol. The first kappa shape index (κ1) is 19.6. The molecule has 1 N–H and O–H groups in total. The van der Waals surface area contributed by atoms with Crippen molar-refractivity contribution in [3.05, 3.63) is 64.1 Å². The van der Waals surface area contributed by atoms with Gasteiger partial charge in [-0.05, 0) is 67.9 Å². The number of nitrogens with one attached hydrogen (secondary N) is 1. The first-order chi connectivity index (χ1) is 13.1. The molecule has 4 nitrogen and oxygen atoms in total. The van der Waals surface area contributed by atoms with Crippen LogP contribution in [-0.4, -0.2) is 31.0 Å². The zero-order chi connectivity index (χ0) is 19.1. The first-order valence-corrected chi connectivity index (χ1v) is 10.1. The molecule has 1 aliphatic heterocycles. The number of hydrogen-bond donors (Lipinski definition) is 1. The maximum atomic E-state index is 12.2. The highest BCUT2D eigenvalue weighted by Gasteiger charge is 2.10. The van der Waals surface area contributed by atoms with Crippen LogP contribution in [0.25, 0.3) is 6.08 Å². The van der Waals surface area contributed by atoms with Gasteiger partial charge in [-0.1, -0.05) is 34.5 Å². The lowest BCUT2D eigenvalue weighted by atomic mass is 10.1. The molecule has 0 unspecified atom stereocenters. The van der Waals surface area contributed by atoms with Crippen molar-refractivity contribution in [1.29, 1.82) is 0 Å². The summed E-state index contributed by atoms with van der Waals surface area (Å²) in [6.07, 6.45) is 7.21. The molecule has 0 atom stereocenters. The van der Waals surface area contributed by atoms with Gasteiger partial charge in [-0.2, -0.15) is 0 Å². The summed E-state index contributed by atoms with van der Waals surface area (Å²) in [4.78, 5) is 14.7. The number of carbonyl (C=O) groups excluding carboxylic acids is 1. The number of anilines is 1. The zero-order valence-corrected chi connectivity index (χ0v) is 17.2.